The lowest BCUT2D eigenvalue weighted by molar-refractivity contribution is -0.146. The lowest BCUT2D eigenvalue weighted by atomic mass is 9.85. The fourth-order valence-corrected chi connectivity index (χ4v) is 4.01. The van der Waals surface area contributed by atoms with Gasteiger partial charge in [-0.1, -0.05) is 30.3 Å². The second-order valence-electron chi connectivity index (χ2n) is 6.82. The van der Waals surface area contributed by atoms with E-state index < -0.39 is 5.54 Å². The number of benzene rings is 1. The number of hydrogen-bond acceptors (Lipinski definition) is 3. The summed E-state index contributed by atoms with van der Waals surface area (Å²) >= 11 is 0. The molecule has 0 bridgehead atoms. The molecule has 3 amide bonds. The van der Waals surface area contributed by atoms with Crippen molar-refractivity contribution in [3.8, 4) is 0 Å². The Hall–Kier alpha value is -2.08. The number of likely N-dealkylation sites (tertiary alicyclic amines) is 2. The molecule has 2 aliphatic heterocycles. The Morgan fingerprint density at radius 3 is 2.64 bits per heavy atom. The summed E-state index contributed by atoms with van der Waals surface area (Å²) in [5.74, 6) is 0.0863. The molecule has 3 rings (SSSR count). The van der Waals surface area contributed by atoms with Gasteiger partial charge in [-0.2, -0.15) is 0 Å². The minimum absolute atomic E-state index is 0.0863. The first-order valence-electron chi connectivity index (χ1n) is 9.05. The van der Waals surface area contributed by atoms with Crippen molar-refractivity contribution in [3.05, 3.63) is 35.9 Å². The topological polar surface area (TPSA) is 61.9 Å². The van der Waals surface area contributed by atoms with Crippen LogP contribution in [-0.4, -0.2) is 60.6 Å². The standard InChI is InChI=1S/C19H27N3O3/c1-25-14-13-21-11-5-9-19(17(21)23)10-6-12-22(19)18(24)20-15-16-7-3-2-4-8-16/h2-4,7-8H,5-6,9-15H2,1H3,(H,20,24). The lowest BCUT2D eigenvalue weighted by Gasteiger charge is -2.44. The molecule has 0 saturated carbocycles. The zero-order valence-corrected chi connectivity index (χ0v) is 14.9. The quantitative estimate of drug-likeness (QED) is 0.888. The highest BCUT2D eigenvalue weighted by molar-refractivity contribution is 5.92. The molecule has 6 heteroatoms. The number of urea groups is 1. The van der Waals surface area contributed by atoms with Crippen LogP contribution < -0.4 is 5.32 Å². The Labute approximate surface area is 149 Å². The molecule has 0 radical (unpaired) electrons. The first-order chi connectivity index (χ1) is 12.2. The molecule has 25 heavy (non-hydrogen) atoms. The molecular weight excluding hydrogens is 318 g/mol. The van der Waals surface area contributed by atoms with Gasteiger partial charge in [-0.3, -0.25) is 4.79 Å². The Morgan fingerprint density at radius 2 is 1.92 bits per heavy atom. The van der Waals surface area contributed by atoms with Crippen LogP contribution in [0.15, 0.2) is 30.3 Å². The van der Waals surface area contributed by atoms with Crippen molar-refractivity contribution < 1.29 is 14.3 Å². The van der Waals surface area contributed by atoms with Crippen LogP contribution >= 0.6 is 0 Å². The first kappa shape index (κ1) is 17.7. The summed E-state index contributed by atoms with van der Waals surface area (Å²) < 4.78 is 5.12. The second kappa shape index (κ2) is 7.87. The molecule has 1 N–H and O–H groups in total. The molecule has 6 nitrogen and oxygen atoms in total. The van der Waals surface area contributed by atoms with E-state index in [1.807, 2.05) is 35.2 Å². The number of ether oxygens (including phenoxy) is 1. The molecule has 1 spiro atoms. The Morgan fingerprint density at radius 1 is 1.20 bits per heavy atom. The molecule has 1 unspecified atom stereocenters. The average Bonchev–Trinajstić information content (AvgIpc) is 3.06. The van der Waals surface area contributed by atoms with Crippen molar-refractivity contribution in [2.24, 2.45) is 0 Å². The third-order valence-electron chi connectivity index (χ3n) is 5.29. The van der Waals surface area contributed by atoms with Crippen molar-refractivity contribution in [1.29, 1.82) is 0 Å². The van der Waals surface area contributed by atoms with Crippen LogP contribution in [0.3, 0.4) is 0 Å². The summed E-state index contributed by atoms with van der Waals surface area (Å²) in [6.07, 6.45) is 3.32. The minimum Gasteiger partial charge on any atom is -0.383 e. The number of piperidine rings is 1. The predicted octanol–water partition coefficient (Wildman–Crippen LogP) is 2.00. The number of methoxy groups -OCH3 is 1. The average molecular weight is 345 g/mol. The fourth-order valence-electron chi connectivity index (χ4n) is 4.01. The Bertz CT molecular complexity index is 607. The van der Waals surface area contributed by atoms with Gasteiger partial charge in [0.2, 0.25) is 5.91 Å². The molecule has 136 valence electrons. The van der Waals surface area contributed by atoms with Gasteiger partial charge in [0.05, 0.1) is 6.61 Å². The number of hydrogen-bond donors (Lipinski definition) is 1. The predicted molar refractivity (Wildman–Crippen MR) is 95.0 cm³/mol. The van der Waals surface area contributed by atoms with Gasteiger partial charge in [-0.15, -0.1) is 0 Å². The molecule has 0 aromatic heterocycles. The third-order valence-corrected chi connectivity index (χ3v) is 5.29. The van der Waals surface area contributed by atoms with E-state index >= 15 is 0 Å². The van der Waals surface area contributed by atoms with E-state index in [1.165, 1.54) is 0 Å². The van der Waals surface area contributed by atoms with Gasteiger partial charge in [0.15, 0.2) is 0 Å². The normalized spacial score (nSPS) is 23.3. The van der Waals surface area contributed by atoms with E-state index in [1.54, 1.807) is 12.0 Å². The van der Waals surface area contributed by atoms with Crippen LogP contribution in [0, 0.1) is 0 Å². The van der Waals surface area contributed by atoms with E-state index in [0.29, 0.717) is 26.2 Å². The summed E-state index contributed by atoms with van der Waals surface area (Å²) in [6.45, 7) is 3.00. The number of nitrogens with one attached hydrogen (secondary N) is 1. The highest BCUT2D eigenvalue weighted by atomic mass is 16.5. The Kier molecular flexibility index (Phi) is 5.58. The summed E-state index contributed by atoms with van der Waals surface area (Å²) in [5.41, 5.74) is 0.396. The second-order valence-corrected chi connectivity index (χ2v) is 6.82. The van der Waals surface area contributed by atoms with Crippen molar-refractivity contribution in [2.45, 2.75) is 37.8 Å². The summed E-state index contributed by atoms with van der Waals surface area (Å²) in [4.78, 5) is 29.5. The van der Waals surface area contributed by atoms with E-state index in [0.717, 1.165) is 37.8 Å². The zero-order chi connectivity index (χ0) is 17.7. The van der Waals surface area contributed by atoms with Crippen LogP contribution in [0.2, 0.25) is 0 Å². The van der Waals surface area contributed by atoms with Gasteiger partial charge in [0.25, 0.3) is 0 Å². The van der Waals surface area contributed by atoms with E-state index in [2.05, 4.69) is 5.32 Å². The molecule has 2 fully saturated rings. The number of nitrogens with zero attached hydrogens (tertiary/aromatic N) is 2. The maximum atomic E-state index is 13.1. The van der Waals surface area contributed by atoms with Gasteiger partial charge < -0.3 is 19.9 Å². The largest absolute Gasteiger partial charge is 0.383 e. The van der Waals surface area contributed by atoms with Gasteiger partial charge in [-0.25, -0.2) is 4.79 Å². The van der Waals surface area contributed by atoms with Gasteiger partial charge >= 0.3 is 6.03 Å². The van der Waals surface area contributed by atoms with Gasteiger partial charge in [0.1, 0.15) is 5.54 Å². The van der Waals surface area contributed by atoms with Crippen LogP contribution in [0.25, 0.3) is 0 Å². The first-order valence-corrected chi connectivity index (χ1v) is 9.05. The lowest BCUT2D eigenvalue weighted by Crippen LogP contribution is -2.63. The monoisotopic (exact) mass is 345 g/mol. The van der Waals surface area contributed by atoms with Gasteiger partial charge in [0, 0.05) is 33.3 Å². The minimum atomic E-state index is -0.660. The number of amides is 3. The third kappa shape index (κ3) is 3.63. The molecule has 2 saturated heterocycles. The Balaban J connectivity index is 1.68. The van der Waals surface area contributed by atoms with Crippen molar-refractivity contribution >= 4 is 11.9 Å². The maximum Gasteiger partial charge on any atom is 0.318 e. The maximum absolute atomic E-state index is 13.1. The van der Waals surface area contributed by atoms with Crippen LogP contribution in [-0.2, 0) is 16.1 Å². The summed E-state index contributed by atoms with van der Waals surface area (Å²) in [6, 6.07) is 9.70. The SMILES string of the molecule is COCCN1CCCC2(CCCN2C(=O)NCc2ccccc2)C1=O. The number of carbonyl (C=O) groups is 2. The van der Waals surface area contributed by atoms with Crippen molar-refractivity contribution in [1.82, 2.24) is 15.1 Å². The fraction of sp³-hybridized carbons (Fsp3) is 0.579. The van der Waals surface area contributed by atoms with Crippen LogP contribution in [0.4, 0.5) is 4.79 Å². The smallest absolute Gasteiger partial charge is 0.318 e. The molecule has 1 aromatic rings. The van der Waals surface area contributed by atoms with Crippen molar-refractivity contribution in [2.75, 3.05) is 33.4 Å². The van der Waals surface area contributed by atoms with Crippen LogP contribution in [0.1, 0.15) is 31.2 Å². The molecule has 2 heterocycles. The molecule has 1 aromatic carbocycles. The number of carbonyl (C=O) groups excluding carboxylic acids is 2. The van der Waals surface area contributed by atoms with Crippen LogP contribution in [0.5, 0.6) is 0 Å². The summed E-state index contributed by atoms with van der Waals surface area (Å²) in [5, 5.41) is 2.98. The summed E-state index contributed by atoms with van der Waals surface area (Å²) in [7, 11) is 1.64. The zero-order valence-electron chi connectivity index (χ0n) is 14.9. The van der Waals surface area contributed by atoms with Gasteiger partial charge in [-0.05, 0) is 31.2 Å². The van der Waals surface area contributed by atoms with Crippen molar-refractivity contribution in [3.63, 3.8) is 0 Å². The van der Waals surface area contributed by atoms with E-state index in [4.69, 9.17) is 4.74 Å². The molecular formula is C19H27N3O3. The highest BCUT2D eigenvalue weighted by Gasteiger charge is 2.52. The molecule has 2 aliphatic rings. The number of rotatable bonds is 5. The molecule has 1 atom stereocenters. The van der Waals surface area contributed by atoms with E-state index in [-0.39, 0.29) is 11.9 Å². The molecule has 0 aliphatic carbocycles. The highest BCUT2D eigenvalue weighted by Crippen LogP contribution is 2.38. The van der Waals surface area contributed by atoms with E-state index in [9.17, 15) is 9.59 Å².